The fourth-order valence-electron chi connectivity index (χ4n) is 2.07. The summed E-state index contributed by atoms with van der Waals surface area (Å²) < 4.78 is 0. The van der Waals surface area contributed by atoms with E-state index < -0.39 is 0 Å². The molecule has 0 aromatic carbocycles. The van der Waals surface area contributed by atoms with E-state index >= 15 is 0 Å². The molecule has 1 saturated heterocycles. The minimum Gasteiger partial charge on any atom is -0.393 e. The van der Waals surface area contributed by atoms with Gasteiger partial charge in [0.1, 0.15) is 10.7 Å². The quantitative estimate of drug-likeness (QED) is 0.770. The van der Waals surface area contributed by atoms with Crippen molar-refractivity contribution in [2.75, 3.05) is 24.1 Å². The fraction of sp³-hybridized carbons (Fsp3) is 0.692. The number of nitrogens with zero attached hydrogens (tertiary/aromatic N) is 2. The zero-order chi connectivity index (χ0) is 14.9. The average molecular weight is 298 g/mol. The highest BCUT2D eigenvalue weighted by atomic mass is 32.1. The smallest absolute Gasteiger partial charge is 0.267 e. The fourth-order valence-corrected chi connectivity index (χ4v) is 3.13. The van der Waals surface area contributed by atoms with E-state index in [-0.39, 0.29) is 23.4 Å². The summed E-state index contributed by atoms with van der Waals surface area (Å²) in [6, 6.07) is 0. The van der Waals surface area contributed by atoms with E-state index in [4.69, 9.17) is 5.73 Å². The molecule has 112 valence electrons. The predicted octanol–water partition coefficient (Wildman–Crippen LogP) is 1.53. The topological polar surface area (TPSA) is 91.5 Å². The molecule has 0 bridgehead atoms. The van der Waals surface area contributed by atoms with Crippen LogP contribution in [0.5, 0.6) is 0 Å². The summed E-state index contributed by atoms with van der Waals surface area (Å²) in [6.07, 6.45) is 0.950. The van der Waals surface area contributed by atoms with Gasteiger partial charge in [-0.25, -0.2) is 4.98 Å². The highest BCUT2D eigenvalue weighted by Gasteiger charge is 2.26. The molecule has 1 amide bonds. The largest absolute Gasteiger partial charge is 0.393 e. The summed E-state index contributed by atoms with van der Waals surface area (Å²) in [5, 5.41) is 13.4. The second-order valence-electron chi connectivity index (χ2n) is 6.13. The lowest BCUT2D eigenvalue weighted by Crippen LogP contribution is -2.40. The number of carbonyl (C=O) groups is 1. The van der Waals surface area contributed by atoms with Crippen LogP contribution in [0.3, 0.4) is 0 Å². The number of aromatic nitrogens is 1. The Morgan fingerprint density at radius 2 is 2.05 bits per heavy atom. The van der Waals surface area contributed by atoms with Crippen LogP contribution in [0, 0.1) is 0 Å². The molecular formula is C13H22N4O2S. The number of hydrogen-bond donors (Lipinski definition) is 3. The minimum absolute atomic E-state index is 0.0890. The Kier molecular flexibility index (Phi) is 4.19. The third kappa shape index (κ3) is 3.61. The predicted molar refractivity (Wildman–Crippen MR) is 81.0 cm³/mol. The Morgan fingerprint density at radius 3 is 2.60 bits per heavy atom. The minimum atomic E-state index is -0.295. The van der Waals surface area contributed by atoms with Gasteiger partial charge in [0.15, 0.2) is 5.13 Å². The molecule has 2 rings (SSSR count). The van der Waals surface area contributed by atoms with Crippen LogP contribution in [0.1, 0.15) is 43.3 Å². The monoisotopic (exact) mass is 298 g/mol. The lowest BCUT2D eigenvalue weighted by Gasteiger charge is -2.29. The Labute approximate surface area is 123 Å². The van der Waals surface area contributed by atoms with Crippen LogP contribution >= 0.6 is 11.3 Å². The van der Waals surface area contributed by atoms with Gasteiger partial charge in [0, 0.05) is 18.6 Å². The molecule has 1 aliphatic rings. The number of anilines is 2. The number of aliphatic hydroxyl groups is 1. The molecule has 0 aliphatic carbocycles. The van der Waals surface area contributed by atoms with Gasteiger partial charge in [-0.15, -0.1) is 0 Å². The van der Waals surface area contributed by atoms with Gasteiger partial charge in [0.2, 0.25) is 0 Å². The van der Waals surface area contributed by atoms with Gasteiger partial charge in [-0.05, 0) is 33.6 Å². The Balaban J connectivity index is 2.10. The van der Waals surface area contributed by atoms with E-state index in [1.807, 2.05) is 20.8 Å². The molecule has 0 radical (unpaired) electrons. The number of thiazole rings is 1. The van der Waals surface area contributed by atoms with E-state index in [0.29, 0.717) is 35.9 Å². The van der Waals surface area contributed by atoms with Gasteiger partial charge in [0.05, 0.1) is 6.10 Å². The SMILES string of the molecule is CC(C)(C)Nc1nc(N)c(C(=O)N2CCC(O)CC2)s1. The zero-order valence-electron chi connectivity index (χ0n) is 12.1. The van der Waals surface area contributed by atoms with E-state index in [1.54, 1.807) is 4.90 Å². The van der Waals surface area contributed by atoms with Crippen molar-refractivity contribution in [3.8, 4) is 0 Å². The van der Waals surface area contributed by atoms with Gasteiger partial charge >= 0.3 is 0 Å². The molecule has 0 atom stereocenters. The lowest BCUT2D eigenvalue weighted by molar-refractivity contribution is 0.0551. The first-order chi connectivity index (χ1) is 9.26. The van der Waals surface area contributed by atoms with Gasteiger partial charge in [0.25, 0.3) is 5.91 Å². The van der Waals surface area contributed by atoms with Crippen molar-refractivity contribution in [3.63, 3.8) is 0 Å². The third-order valence-electron chi connectivity index (χ3n) is 3.08. The van der Waals surface area contributed by atoms with Crippen molar-refractivity contribution >= 4 is 28.2 Å². The number of aliphatic hydroxyl groups excluding tert-OH is 1. The summed E-state index contributed by atoms with van der Waals surface area (Å²) in [6.45, 7) is 7.22. The first-order valence-electron chi connectivity index (χ1n) is 6.78. The van der Waals surface area contributed by atoms with E-state index in [1.165, 1.54) is 11.3 Å². The molecule has 7 heteroatoms. The van der Waals surface area contributed by atoms with Gasteiger partial charge in [-0.1, -0.05) is 11.3 Å². The van der Waals surface area contributed by atoms with Crippen LogP contribution in [-0.2, 0) is 0 Å². The van der Waals surface area contributed by atoms with Crippen LogP contribution in [0.2, 0.25) is 0 Å². The number of rotatable bonds is 2. The van der Waals surface area contributed by atoms with Crippen LogP contribution in [0.15, 0.2) is 0 Å². The molecule has 6 nitrogen and oxygen atoms in total. The first kappa shape index (κ1) is 15.1. The molecule has 1 aliphatic heterocycles. The number of piperidine rings is 1. The molecule has 2 heterocycles. The molecule has 1 aromatic heterocycles. The summed E-state index contributed by atoms with van der Waals surface area (Å²) in [7, 11) is 0. The number of likely N-dealkylation sites (tertiary alicyclic amines) is 1. The number of amides is 1. The van der Waals surface area contributed by atoms with Crippen molar-refractivity contribution in [2.45, 2.75) is 45.3 Å². The molecule has 0 unspecified atom stereocenters. The summed E-state index contributed by atoms with van der Waals surface area (Å²) in [4.78, 5) is 18.8. The lowest BCUT2D eigenvalue weighted by atomic mass is 10.1. The molecular weight excluding hydrogens is 276 g/mol. The van der Waals surface area contributed by atoms with Crippen molar-refractivity contribution in [1.29, 1.82) is 0 Å². The molecule has 1 aromatic rings. The normalized spacial score (nSPS) is 17.3. The summed E-state index contributed by atoms with van der Waals surface area (Å²) in [5.41, 5.74) is 5.73. The van der Waals surface area contributed by atoms with Crippen molar-refractivity contribution < 1.29 is 9.90 Å². The Morgan fingerprint density at radius 1 is 1.45 bits per heavy atom. The van der Waals surface area contributed by atoms with Crippen molar-refractivity contribution in [3.05, 3.63) is 4.88 Å². The van der Waals surface area contributed by atoms with E-state index in [9.17, 15) is 9.90 Å². The summed E-state index contributed by atoms with van der Waals surface area (Å²) in [5.74, 6) is 0.187. The molecule has 20 heavy (non-hydrogen) atoms. The first-order valence-corrected chi connectivity index (χ1v) is 7.60. The zero-order valence-corrected chi connectivity index (χ0v) is 13.0. The van der Waals surface area contributed by atoms with Crippen LogP contribution in [0.4, 0.5) is 10.9 Å². The number of carbonyl (C=O) groups excluding carboxylic acids is 1. The summed E-state index contributed by atoms with van der Waals surface area (Å²) >= 11 is 1.29. The maximum Gasteiger partial charge on any atom is 0.267 e. The number of hydrogen-bond acceptors (Lipinski definition) is 6. The maximum absolute atomic E-state index is 12.4. The molecule has 0 saturated carbocycles. The Hall–Kier alpha value is -1.34. The maximum atomic E-state index is 12.4. The van der Waals surface area contributed by atoms with Gasteiger partial charge in [-0.3, -0.25) is 4.79 Å². The van der Waals surface area contributed by atoms with Crippen LogP contribution in [0.25, 0.3) is 0 Å². The van der Waals surface area contributed by atoms with Gasteiger partial charge < -0.3 is 21.1 Å². The molecule has 1 fully saturated rings. The molecule has 4 N–H and O–H groups in total. The van der Waals surface area contributed by atoms with Crippen LogP contribution < -0.4 is 11.1 Å². The second kappa shape index (κ2) is 5.57. The second-order valence-corrected chi connectivity index (χ2v) is 7.13. The molecule has 0 spiro atoms. The number of nitrogen functional groups attached to an aromatic ring is 1. The van der Waals surface area contributed by atoms with Crippen LogP contribution in [-0.4, -0.2) is 45.6 Å². The van der Waals surface area contributed by atoms with Crippen molar-refractivity contribution in [2.24, 2.45) is 0 Å². The highest BCUT2D eigenvalue weighted by Crippen LogP contribution is 2.29. The highest BCUT2D eigenvalue weighted by molar-refractivity contribution is 7.18. The van der Waals surface area contributed by atoms with Crippen molar-refractivity contribution in [1.82, 2.24) is 9.88 Å². The Bertz CT molecular complexity index is 487. The van der Waals surface area contributed by atoms with E-state index in [0.717, 1.165) is 0 Å². The third-order valence-corrected chi connectivity index (χ3v) is 4.06. The van der Waals surface area contributed by atoms with Gasteiger partial charge in [-0.2, -0.15) is 0 Å². The number of nitrogens with one attached hydrogen (secondary N) is 1. The average Bonchev–Trinajstić information content (AvgIpc) is 2.67. The van der Waals surface area contributed by atoms with E-state index in [2.05, 4.69) is 10.3 Å². The standard InChI is InChI=1S/C13H22N4O2S/c1-13(2,3)16-12-15-10(14)9(20-12)11(19)17-6-4-8(18)5-7-17/h8,18H,4-7,14H2,1-3H3,(H,15,16). The number of nitrogens with two attached hydrogens (primary N) is 1.